The zero-order valence-corrected chi connectivity index (χ0v) is 20.3. The third-order valence-corrected chi connectivity index (χ3v) is 6.35. The predicted octanol–water partition coefficient (Wildman–Crippen LogP) is 1.10. The van der Waals surface area contributed by atoms with Gasteiger partial charge in [0.05, 0.1) is 23.9 Å². The minimum absolute atomic E-state index is 0.0853. The molecule has 0 aromatic carbocycles. The number of urea groups is 1. The molecule has 2 fully saturated rings. The first-order chi connectivity index (χ1) is 17.4. The lowest BCUT2D eigenvalue weighted by atomic mass is 10.1. The minimum Gasteiger partial charge on any atom is -0.379 e. The SMILES string of the molecule is CN1CCN(Cc2ccc(N(C)C(=O)Nc3cc(NC4CCOC4)c(C#N)cn3)nc2C=O)C(O)C1. The first kappa shape index (κ1) is 25.5. The molecule has 0 spiro atoms. The number of piperazine rings is 1. The van der Waals surface area contributed by atoms with Gasteiger partial charge in [-0.2, -0.15) is 5.26 Å². The van der Waals surface area contributed by atoms with Crippen LogP contribution in [0.15, 0.2) is 24.4 Å². The third kappa shape index (κ3) is 5.95. The molecule has 2 aliphatic rings. The van der Waals surface area contributed by atoms with Crippen LogP contribution in [0.25, 0.3) is 0 Å². The summed E-state index contributed by atoms with van der Waals surface area (Å²) in [7, 11) is 3.48. The molecule has 2 atom stereocenters. The first-order valence-corrected chi connectivity index (χ1v) is 11.7. The van der Waals surface area contributed by atoms with Crippen LogP contribution in [0.2, 0.25) is 0 Å². The van der Waals surface area contributed by atoms with E-state index in [2.05, 4.69) is 26.7 Å². The molecule has 2 aromatic heterocycles. The molecule has 0 bridgehead atoms. The van der Waals surface area contributed by atoms with Crippen molar-refractivity contribution in [2.75, 3.05) is 62.5 Å². The Hall–Kier alpha value is -3.63. The summed E-state index contributed by atoms with van der Waals surface area (Å²) in [4.78, 5) is 38.4. The Morgan fingerprint density at radius 3 is 2.94 bits per heavy atom. The fourth-order valence-electron chi connectivity index (χ4n) is 4.15. The molecule has 36 heavy (non-hydrogen) atoms. The Morgan fingerprint density at radius 1 is 1.42 bits per heavy atom. The number of nitrogens with one attached hydrogen (secondary N) is 2. The Morgan fingerprint density at radius 2 is 2.25 bits per heavy atom. The van der Waals surface area contributed by atoms with Gasteiger partial charge in [-0.05, 0) is 25.1 Å². The maximum absolute atomic E-state index is 12.9. The van der Waals surface area contributed by atoms with E-state index in [9.17, 15) is 20.0 Å². The van der Waals surface area contributed by atoms with Gasteiger partial charge < -0.3 is 20.1 Å². The molecule has 2 unspecified atom stereocenters. The Bertz CT molecular complexity index is 1150. The molecule has 0 radical (unpaired) electrons. The van der Waals surface area contributed by atoms with Crippen LogP contribution in [0.5, 0.6) is 0 Å². The van der Waals surface area contributed by atoms with Crippen LogP contribution in [0, 0.1) is 11.3 Å². The highest BCUT2D eigenvalue weighted by Crippen LogP contribution is 2.22. The maximum atomic E-state index is 12.9. The van der Waals surface area contributed by atoms with E-state index >= 15 is 0 Å². The fourth-order valence-corrected chi connectivity index (χ4v) is 4.15. The van der Waals surface area contributed by atoms with Crippen LogP contribution in [0.1, 0.15) is 28.0 Å². The molecular formula is C24H30N8O4. The third-order valence-electron chi connectivity index (χ3n) is 6.35. The average Bonchev–Trinajstić information content (AvgIpc) is 3.38. The number of hydrogen-bond donors (Lipinski definition) is 3. The highest BCUT2D eigenvalue weighted by atomic mass is 16.5. The number of pyridine rings is 2. The van der Waals surface area contributed by atoms with Crippen LogP contribution in [0.4, 0.5) is 22.1 Å². The number of ether oxygens (including phenoxy) is 1. The Balaban J connectivity index is 1.44. The molecule has 4 heterocycles. The van der Waals surface area contributed by atoms with Crippen molar-refractivity contribution >= 4 is 29.6 Å². The van der Waals surface area contributed by atoms with Crippen molar-refractivity contribution in [1.29, 1.82) is 5.26 Å². The lowest BCUT2D eigenvalue weighted by molar-refractivity contribution is -0.0538. The second-order valence-corrected chi connectivity index (χ2v) is 8.97. The summed E-state index contributed by atoms with van der Waals surface area (Å²) < 4.78 is 5.37. The van der Waals surface area contributed by atoms with Crippen LogP contribution in [-0.4, -0.2) is 96.4 Å². The minimum atomic E-state index is -0.628. The summed E-state index contributed by atoms with van der Waals surface area (Å²) in [6.07, 6.45) is 2.25. The molecule has 2 aromatic rings. The van der Waals surface area contributed by atoms with Crippen molar-refractivity contribution in [2.45, 2.75) is 25.2 Å². The largest absolute Gasteiger partial charge is 0.379 e. The number of β-amino-alcohol motifs (C(OH)–C–C–N with tert-alkyl or cyclic N) is 1. The number of aliphatic hydroxyl groups is 1. The summed E-state index contributed by atoms with van der Waals surface area (Å²) in [5.74, 6) is 0.552. The number of hydrogen-bond acceptors (Lipinski definition) is 10. The molecule has 2 aliphatic heterocycles. The van der Waals surface area contributed by atoms with Gasteiger partial charge in [-0.3, -0.25) is 19.9 Å². The highest BCUT2D eigenvalue weighted by molar-refractivity contribution is 6.00. The van der Waals surface area contributed by atoms with Gasteiger partial charge in [-0.15, -0.1) is 0 Å². The fraction of sp³-hybridized carbons (Fsp3) is 0.458. The standard InChI is InChI=1S/C24H30N8O4/c1-30-6-7-32(23(34)13-30)12-16-3-4-22(28-20(16)14-33)31(2)24(35)29-21-9-19(17(10-25)11-26-21)27-18-5-8-36-15-18/h3-4,9,11,14,18,23,34H,5-8,12-13,15H2,1-2H3,(H2,26,27,29,35). The highest BCUT2D eigenvalue weighted by Gasteiger charge is 2.25. The number of likely N-dealkylation sites (N-methyl/N-ethyl adjacent to an activating group) is 1. The summed E-state index contributed by atoms with van der Waals surface area (Å²) >= 11 is 0. The summed E-state index contributed by atoms with van der Waals surface area (Å²) in [6.45, 7) is 3.60. The van der Waals surface area contributed by atoms with E-state index in [1.807, 2.05) is 16.8 Å². The van der Waals surface area contributed by atoms with E-state index < -0.39 is 12.3 Å². The summed E-state index contributed by atoms with van der Waals surface area (Å²) in [5.41, 5.74) is 1.82. The molecule has 0 aliphatic carbocycles. The topological polar surface area (TPSA) is 147 Å². The van der Waals surface area contributed by atoms with E-state index in [0.717, 1.165) is 13.0 Å². The van der Waals surface area contributed by atoms with E-state index in [1.54, 1.807) is 18.2 Å². The molecule has 2 amide bonds. The molecular weight excluding hydrogens is 464 g/mol. The number of aliphatic hydroxyl groups excluding tert-OH is 1. The normalized spacial score (nSPS) is 20.5. The first-order valence-electron chi connectivity index (χ1n) is 11.7. The number of rotatable bonds is 7. The summed E-state index contributed by atoms with van der Waals surface area (Å²) in [5, 5.41) is 25.7. The Labute approximate surface area is 209 Å². The van der Waals surface area contributed by atoms with Crippen molar-refractivity contribution < 1.29 is 19.4 Å². The van der Waals surface area contributed by atoms with Gasteiger partial charge in [0, 0.05) is 52.1 Å². The summed E-state index contributed by atoms with van der Waals surface area (Å²) in [6, 6.07) is 6.68. The zero-order valence-electron chi connectivity index (χ0n) is 20.3. The number of aromatic nitrogens is 2. The average molecular weight is 495 g/mol. The van der Waals surface area contributed by atoms with Crippen molar-refractivity contribution in [1.82, 2.24) is 19.8 Å². The lowest BCUT2D eigenvalue weighted by Gasteiger charge is -2.37. The van der Waals surface area contributed by atoms with Crippen LogP contribution < -0.4 is 15.5 Å². The van der Waals surface area contributed by atoms with Crippen molar-refractivity contribution in [3.05, 3.63) is 41.2 Å². The van der Waals surface area contributed by atoms with Gasteiger partial charge in [0.25, 0.3) is 0 Å². The van der Waals surface area contributed by atoms with Crippen LogP contribution >= 0.6 is 0 Å². The molecule has 12 heteroatoms. The molecule has 0 saturated carbocycles. The molecule has 3 N–H and O–H groups in total. The predicted molar refractivity (Wildman–Crippen MR) is 133 cm³/mol. The quantitative estimate of drug-likeness (QED) is 0.478. The van der Waals surface area contributed by atoms with Crippen molar-refractivity contribution in [3.63, 3.8) is 0 Å². The van der Waals surface area contributed by atoms with Crippen molar-refractivity contribution in [3.8, 4) is 6.07 Å². The van der Waals surface area contributed by atoms with E-state index in [4.69, 9.17) is 4.74 Å². The number of carbonyl (C=O) groups is 2. The number of anilines is 3. The molecule has 4 rings (SSSR count). The van der Waals surface area contributed by atoms with Gasteiger partial charge in [0.2, 0.25) is 0 Å². The zero-order chi connectivity index (χ0) is 25.7. The maximum Gasteiger partial charge on any atom is 0.328 e. The molecule has 2 saturated heterocycles. The van der Waals surface area contributed by atoms with Crippen LogP contribution in [0.3, 0.4) is 0 Å². The molecule has 12 nitrogen and oxygen atoms in total. The number of nitriles is 1. The van der Waals surface area contributed by atoms with Crippen molar-refractivity contribution in [2.24, 2.45) is 0 Å². The number of nitrogens with zero attached hydrogens (tertiary/aromatic N) is 6. The van der Waals surface area contributed by atoms with E-state index in [1.165, 1.54) is 18.1 Å². The number of carbonyl (C=O) groups excluding carboxylic acids is 2. The molecule has 190 valence electrons. The smallest absolute Gasteiger partial charge is 0.328 e. The number of amides is 2. The lowest BCUT2D eigenvalue weighted by Crippen LogP contribution is -2.51. The van der Waals surface area contributed by atoms with E-state index in [-0.39, 0.29) is 23.4 Å². The van der Waals surface area contributed by atoms with Gasteiger partial charge >= 0.3 is 6.03 Å². The number of aldehydes is 1. The van der Waals surface area contributed by atoms with E-state index in [0.29, 0.717) is 55.9 Å². The Kier molecular flexibility index (Phi) is 8.07. The van der Waals surface area contributed by atoms with Gasteiger partial charge in [-0.25, -0.2) is 14.8 Å². The second-order valence-electron chi connectivity index (χ2n) is 8.97. The van der Waals surface area contributed by atoms with Gasteiger partial charge in [0.15, 0.2) is 6.29 Å². The van der Waals surface area contributed by atoms with Gasteiger partial charge in [-0.1, -0.05) is 6.07 Å². The van der Waals surface area contributed by atoms with Crippen LogP contribution in [-0.2, 0) is 11.3 Å². The second kappa shape index (κ2) is 11.4. The van der Waals surface area contributed by atoms with Gasteiger partial charge in [0.1, 0.15) is 29.6 Å². The monoisotopic (exact) mass is 494 g/mol.